The minimum Gasteiger partial charge on any atom is -0.492 e. The lowest BCUT2D eigenvalue weighted by Gasteiger charge is -2.16. The molecule has 1 aliphatic rings. The van der Waals surface area contributed by atoms with Crippen molar-refractivity contribution >= 4 is 23.5 Å². The third kappa shape index (κ3) is 7.03. The van der Waals surface area contributed by atoms with E-state index in [1.807, 2.05) is 6.07 Å². The maximum absolute atomic E-state index is 14.4. The number of rotatable bonds is 11. The van der Waals surface area contributed by atoms with E-state index in [9.17, 15) is 14.0 Å². The Balaban J connectivity index is 1.36. The second-order valence-corrected chi connectivity index (χ2v) is 8.48. The summed E-state index contributed by atoms with van der Waals surface area (Å²) in [6, 6.07) is 14.1. The van der Waals surface area contributed by atoms with Gasteiger partial charge in [-0.25, -0.2) is 4.98 Å². The topological polar surface area (TPSA) is 96.9 Å². The SMILES string of the molecule is C=CC(=O)N(C)Cc1ccc(Oc2nc(Nc3cccc(OCCN4CCCC4=O)c3)ncc2F)cc1. The van der Waals surface area contributed by atoms with Crippen LogP contribution in [0.4, 0.5) is 16.0 Å². The molecule has 2 amide bonds. The predicted molar refractivity (Wildman–Crippen MR) is 136 cm³/mol. The van der Waals surface area contributed by atoms with Crippen molar-refractivity contribution in [2.24, 2.45) is 0 Å². The van der Waals surface area contributed by atoms with Gasteiger partial charge in [0.05, 0.1) is 12.7 Å². The lowest BCUT2D eigenvalue weighted by molar-refractivity contribution is -0.128. The lowest BCUT2D eigenvalue weighted by Crippen LogP contribution is -2.29. The minimum absolute atomic E-state index is 0.150. The molecule has 0 atom stereocenters. The Morgan fingerprint density at radius 2 is 2.05 bits per heavy atom. The van der Waals surface area contributed by atoms with E-state index in [1.54, 1.807) is 54.4 Å². The number of amides is 2. The Morgan fingerprint density at radius 1 is 1.24 bits per heavy atom. The lowest BCUT2D eigenvalue weighted by atomic mass is 10.2. The van der Waals surface area contributed by atoms with E-state index >= 15 is 0 Å². The molecule has 0 unspecified atom stereocenters. The number of anilines is 2. The van der Waals surface area contributed by atoms with Crippen LogP contribution in [0.3, 0.4) is 0 Å². The number of aromatic nitrogens is 2. The van der Waals surface area contributed by atoms with Crippen molar-refractivity contribution < 1.29 is 23.5 Å². The van der Waals surface area contributed by atoms with Crippen LogP contribution in [0.15, 0.2) is 67.4 Å². The summed E-state index contributed by atoms with van der Waals surface area (Å²) in [6.45, 7) is 5.58. The molecule has 192 valence electrons. The summed E-state index contributed by atoms with van der Waals surface area (Å²) in [5.41, 5.74) is 1.53. The fraction of sp³-hybridized carbons (Fsp3) is 0.259. The molecule has 0 radical (unpaired) electrons. The zero-order valence-electron chi connectivity index (χ0n) is 20.5. The molecule has 0 saturated carbocycles. The molecule has 2 heterocycles. The summed E-state index contributed by atoms with van der Waals surface area (Å²) < 4.78 is 25.8. The van der Waals surface area contributed by atoms with Gasteiger partial charge in [-0.2, -0.15) is 9.37 Å². The molecule has 4 rings (SSSR count). The van der Waals surface area contributed by atoms with Crippen LogP contribution < -0.4 is 14.8 Å². The average Bonchev–Trinajstić information content (AvgIpc) is 3.31. The molecule has 1 aromatic heterocycles. The largest absolute Gasteiger partial charge is 0.492 e. The monoisotopic (exact) mass is 505 g/mol. The molecule has 9 nitrogen and oxygen atoms in total. The molecule has 1 aliphatic heterocycles. The van der Waals surface area contributed by atoms with E-state index in [4.69, 9.17) is 9.47 Å². The van der Waals surface area contributed by atoms with E-state index in [-0.39, 0.29) is 23.6 Å². The number of hydrogen-bond donors (Lipinski definition) is 1. The first kappa shape index (κ1) is 25.6. The fourth-order valence-electron chi connectivity index (χ4n) is 3.77. The summed E-state index contributed by atoms with van der Waals surface area (Å²) >= 11 is 0. The van der Waals surface area contributed by atoms with Crippen molar-refractivity contribution in [3.05, 3.63) is 78.8 Å². The molecule has 10 heteroatoms. The Hall–Kier alpha value is -4.47. The zero-order chi connectivity index (χ0) is 26.2. The molecule has 0 spiro atoms. The Kier molecular flexibility index (Phi) is 8.29. The number of carbonyl (C=O) groups is 2. The second-order valence-electron chi connectivity index (χ2n) is 8.48. The van der Waals surface area contributed by atoms with Crippen LogP contribution in [0.1, 0.15) is 18.4 Å². The van der Waals surface area contributed by atoms with E-state index in [2.05, 4.69) is 21.9 Å². The Bertz CT molecular complexity index is 1270. The number of halogens is 1. The van der Waals surface area contributed by atoms with Crippen molar-refractivity contribution in [3.8, 4) is 17.4 Å². The van der Waals surface area contributed by atoms with Gasteiger partial charge in [0.1, 0.15) is 18.1 Å². The molecule has 1 fully saturated rings. The van der Waals surface area contributed by atoms with Gasteiger partial charge < -0.3 is 24.6 Å². The molecular formula is C27H28FN5O4. The Morgan fingerprint density at radius 3 is 2.78 bits per heavy atom. The molecule has 37 heavy (non-hydrogen) atoms. The van der Waals surface area contributed by atoms with Crippen molar-refractivity contribution in [2.75, 3.05) is 32.1 Å². The van der Waals surface area contributed by atoms with E-state index in [0.717, 1.165) is 24.7 Å². The molecule has 3 aromatic rings. The number of benzene rings is 2. The van der Waals surface area contributed by atoms with Gasteiger partial charge in [-0.05, 0) is 42.3 Å². The van der Waals surface area contributed by atoms with Gasteiger partial charge in [-0.3, -0.25) is 9.59 Å². The summed E-state index contributed by atoms with van der Waals surface area (Å²) in [7, 11) is 1.68. The standard InChI is InChI=1S/C27H28FN5O4/c1-3-24(34)32(2)18-19-9-11-21(12-10-19)37-26-23(28)17-29-27(31-26)30-20-6-4-7-22(16-20)36-15-14-33-13-5-8-25(33)35/h3-4,6-7,9-12,16-17H,1,5,8,13-15,18H2,2H3,(H,29,30,31). The Labute approximate surface area is 214 Å². The first-order chi connectivity index (χ1) is 17.9. The van der Waals surface area contributed by atoms with Crippen LogP contribution in [0.5, 0.6) is 17.4 Å². The predicted octanol–water partition coefficient (Wildman–Crippen LogP) is 4.30. The number of likely N-dealkylation sites (N-methyl/N-ethyl adjacent to an activating group) is 1. The molecule has 0 aliphatic carbocycles. The highest BCUT2D eigenvalue weighted by molar-refractivity contribution is 5.86. The number of nitrogens with one attached hydrogen (secondary N) is 1. The van der Waals surface area contributed by atoms with E-state index in [0.29, 0.717) is 43.3 Å². The van der Waals surface area contributed by atoms with Gasteiger partial charge in [-0.1, -0.05) is 24.8 Å². The van der Waals surface area contributed by atoms with Crippen LogP contribution in [0.2, 0.25) is 0 Å². The minimum atomic E-state index is -0.709. The van der Waals surface area contributed by atoms with Gasteiger partial charge in [0.25, 0.3) is 5.88 Å². The van der Waals surface area contributed by atoms with Gasteiger partial charge in [0, 0.05) is 38.3 Å². The zero-order valence-corrected chi connectivity index (χ0v) is 20.5. The van der Waals surface area contributed by atoms with Gasteiger partial charge >= 0.3 is 0 Å². The highest BCUT2D eigenvalue weighted by atomic mass is 19.1. The number of hydrogen-bond acceptors (Lipinski definition) is 7. The van der Waals surface area contributed by atoms with Crippen molar-refractivity contribution in [1.29, 1.82) is 0 Å². The third-order valence-corrected chi connectivity index (χ3v) is 5.71. The molecule has 0 bridgehead atoms. The molecule has 2 aromatic carbocycles. The van der Waals surface area contributed by atoms with E-state index < -0.39 is 5.82 Å². The molecular weight excluding hydrogens is 477 g/mol. The van der Waals surface area contributed by atoms with Crippen molar-refractivity contribution in [3.63, 3.8) is 0 Å². The van der Waals surface area contributed by atoms with Crippen LogP contribution >= 0.6 is 0 Å². The summed E-state index contributed by atoms with van der Waals surface area (Å²) in [6.07, 6.45) is 3.78. The van der Waals surface area contributed by atoms with Crippen LogP contribution in [0, 0.1) is 5.82 Å². The second kappa shape index (κ2) is 12.0. The van der Waals surface area contributed by atoms with Crippen molar-refractivity contribution in [1.82, 2.24) is 19.8 Å². The van der Waals surface area contributed by atoms with Crippen molar-refractivity contribution in [2.45, 2.75) is 19.4 Å². The normalized spacial score (nSPS) is 12.8. The molecule has 1 N–H and O–H groups in total. The van der Waals surface area contributed by atoms with Crippen LogP contribution in [-0.4, -0.2) is 58.3 Å². The maximum atomic E-state index is 14.4. The van der Waals surface area contributed by atoms with Gasteiger partial charge in [-0.15, -0.1) is 0 Å². The van der Waals surface area contributed by atoms with Crippen LogP contribution in [-0.2, 0) is 16.1 Å². The first-order valence-corrected chi connectivity index (χ1v) is 11.9. The summed E-state index contributed by atoms with van der Waals surface area (Å²) in [5, 5.41) is 3.02. The number of carbonyl (C=O) groups excluding carboxylic acids is 2. The van der Waals surface area contributed by atoms with Gasteiger partial charge in [0.15, 0.2) is 0 Å². The molecule has 1 saturated heterocycles. The quantitative estimate of drug-likeness (QED) is 0.388. The first-order valence-electron chi connectivity index (χ1n) is 11.9. The smallest absolute Gasteiger partial charge is 0.260 e. The highest BCUT2D eigenvalue weighted by Gasteiger charge is 2.19. The summed E-state index contributed by atoms with van der Waals surface area (Å²) in [4.78, 5) is 34.8. The fourth-order valence-corrected chi connectivity index (χ4v) is 3.77. The highest BCUT2D eigenvalue weighted by Crippen LogP contribution is 2.26. The van der Waals surface area contributed by atoms with E-state index in [1.165, 1.54) is 11.0 Å². The number of likely N-dealkylation sites (tertiary alicyclic amines) is 1. The number of nitrogens with zero attached hydrogens (tertiary/aromatic N) is 4. The third-order valence-electron chi connectivity index (χ3n) is 5.71. The maximum Gasteiger partial charge on any atom is 0.260 e. The van der Waals surface area contributed by atoms with Gasteiger partial charge in [0.2, 0.25) is 23.6 Å². The average molecular weight is 506 g/mol. The van der Waals surface area contributed by atoms with Crippen LogP contribution in [0.25, 0.3) is 0 Å². The summed E-state index contributed by atoms with van der Waals surface area (Å²) in [5.74, 6) is 0.199. The number of ether oxygens (including phenoxy) is 2.